The molecule has 0 saturated heterocycles. The molecule has 0 aliphatic carbocycles. The van der Waals surface area contributed by atoms with Gasteiger partial charge in [0, 0.05) is 38.1 Å². The van der Waals surface area contributed by atoms with Crippen LogP contribution in [0.15, 0.2) is 71.3 Å². The Hall–Kier alpha value is -2.88. The van der Waals surface area contributed by atoms with Gasteiger partial charge in [-0.15, -0.1) is 0 Å². The van der Waals surface area contributed by atoms with E-state index in [-0.39, 0.29) is 5.91 Å². The molecule has 0 aliphatic rings. The Kier molecular flexibility index (Phi) is 7.62. The Morgan fingerprint density at radius 1 is 1.03 bits per heavy atom. The van der Waals surface area contributed by atoms with E-state index in [4.69, 9.17) is 4.52 Å². The summed E-state index contributed by atoms with van der Waals surface area (Å²) in [6.45, 7) is 2.89. The van der Waals surface area contributed by atoms with Crippen LogP contribution in [0.25, 0.3) is 11.3 Å². The zero-order valence-corrected chi connectivity index (χ0v) is 17.4. The Bertz CT molecular complexity index is 874. The predicted molar refractivity (Wildman–Crippen MR) is 116 cm³/mol. The molecule has 1 heterocycles. The predicted octanol–water partition coefficient (Wildman–Crippen LogP) is 5.39. The normalized spacial score (nSPS) is 11.9. The Morgan fingerprint density at radius 2 is 1.72 bits per heavy atom. The van der Waals surface area contributed by atoms with Crippen molar-refractivity contribution in [2.24, 2.45) is 5.92 Å². The number of nitrogens with zero attached hydrogens (tertiary/aromatic N) is 2. The van der Waals surface area contributed by atoms with E-state index in [9.17, 15) is 4.79 Å². The molecule has 4 nitrogen and oxygen atoms in total. The highest BCUT2D eigenvalue weighted by atomic mass is 16.5. The van der Waals surface area contributed by atoms with E-state index in [2.05, 4.69) is 36.3 Å². The van der Waals surface area contributed by atoms with Crippen molar-refractivity contribution in [2.75, 3.05) is 13.6 Å². The second-order valence-electron chi connectivity index (χ2n) is 7.80. The van der Waals surface area contributed by atoms with Gasteiger partial charge >= 0.3 is 0 Å². The van der Waals surface area contributed by atoms with Gasteiger partial charge in [0.05, 0.1) is 0 Å². The lowest BCUT2D eigenvalue weighted by molar-refractivity contribution is -0.130. The van der Waals surface area contributed by atoms with Crippen LogP contribution in [0, 0.1) is 5.92 Å². The zero-order valence-electron chi connectivity index (χ0n) is 17.4. The number of benzene rings is 2. The quantitative estimate of drug-likeness (QED) is 0.466. The molecule has 3 rings (SSSR count). The number of hydrogen-bond acceptors (Lipinski definition) is 3. The fourth-order valence-electron chi connectivity index (χ4n) is 3.40. The molecule has 1 aromatic heterocycles. The van der Waals surface area contributed by atoms with E-state index in [1.54, 1.807) is 0 Å². The molecule has 1 unspecified atom stereocenters. The summed E-state index contributed by atoms with van der Waals surface area (Å²) in [5, 5.41) is 4.15. The molecule has 0 spiro atoms. The van der Waals surface area contributed by atoms with E-state index >= 15 is 0 Å². The van der Waals surface area contributed by atoms with Gasteiger partial charge < -0.3 is 9.42 Å². The van der Waals surface area contributed by atoms with E-state index in [0.717, 1.165) is 49.2 Å². The van der Waals surface area contributed by atoms with Gasteiger partial charge in [-0.1, -0.05) is 72.7 Å². The van der Waals surface area contributed by atoms with Crippen LogP contribution >= 0.6 is 0 Å². The van der Waals surface area contributed by atoms with Gasteiger partial charge in [0.2, 0.25) is 5.91 Å². The smallest absolute Gasteiger partial charge is 0.222 e. The van der Waals surface area contributed by atoms with E-state index in [1.807, 2.05) is 54.4 Å². The van der Waals surface area contributed by atoms with E-state index < -0.39 is 0 Å². The molecule has 0 aliphatic heterocycles. The monoisotopic (exact) mass is 390 g/mol. The fraction of sp³-hybridized carbons (Fsp3) is 0.360. The molecule has 4 heteroatoms. The first-order valence-electron chi connectivity index (χ1n) is 10.4. The van der Waals surface area contributed by atoms with Crippen molar-refractivity contribution in [1.29, 1.82) is 0 Å². The third kappa shape index (κ3) is 6.60. The molecule has 0 bridgehead atoms. The number of carbonyl (C=O) groups is 1. The molecule has 0 N–H and O–H groups in total. The number of rotatable bonds is 10. The van der Waals surface area contributed by atoms with Crippen LogP contribution in [-0.2, 0) is 17.6 Å². The van der Waals surface area contributed by atoms with Gasteiger partial charge in [-0.05, 0) is 30.7 Å². The van der Waals surface area contributed by atoms with Crippen LogP contribution in [0.5, 0.6) is 0 Å². The topological polar surface area (TPSA) is 46.3 Å². The summed E-state index contributed by atoms with van der Waals surface area (Å²) in [5.41, 5.74) is 3.25. The van der Waals surface area contributed by atoms with Crippen LogP contribution < -0.4 is 0 Å². The largest absolute Gasteiger partial charge is 0.361 e. The maximum absolute atomic E-state index is 12.5. The van der Waals surface area contributed by atoms with Crippen molar-refractivity contribution in [3.63, 3.8) is 0 Å². The highest BCUT2D eigenvalue weighted by Crippen LogP contribution is 2.19. The second-order valence-corrected chi connectivity index (χ2v) is 7.80. The molecule has 29 heavy (non-hydrogen) atoms. The van der Waals surface area contributed by atoms with E-state index in [0.29, 0.717) is 12.3 Å². The standard InChI is InChI=1S/C25H30N2O2/c1-20(15-16-21-10-5-3-6-11-21)18-25(28)27(2)17-9-14-23-19-24(26-29-23)22-12-7-4-8-13-22/h3-8,10-13,19-20H,9,14-18H2,1-2H3. The Morgan fingerprint density at radius 3 is 2.45 bits per heavy atom. The minimum absolute atomic E-state index is 0.216. The van der Waals surface area contributed by atoms with Gasteiger partial charge in [0.15, 0.2) is 0 Å². The van der Waals surface area contributed by atoms with Crippen molar-refractivity contribution < 1.29 is 9.32 Å². The summed E-state index contributed by atoms with van der Waals surface area (Å²) in [6.07, 6.45) is 4.30. The second kappa shape index (κ2) is 10.6. The molecular formula is C25H30N2O2. The summed E-state index contributed by atoms with van der Waals surface area (Å²) in [5.74, 6) is 1.46. The van der Waals surface area contributed by atoms with Crippen LogP contribution in [0.3, 0.4) is 0 Å². The van der Waals surface area contributed by atoms with Gasteiger partial charge in [-0.25, -0.2) is 0 Å². The number of amides is 1. The highest BCUT2D eigenvalue weighted by Gasteiger charge is 2.14. The molecule has 0 saturated carbocycles. The van der Waals surface area contributed by atoms with Crippen molar-refractivity contribution >= 4 is 5.91 Å². The van der Waals surface area contributed by atoms with Crippen LogP contribution in [-0.4, -0.2) is 29.6 Å². The summed E-state index contributed by atoms with van der Waals surface area (Å²) in [4.78, 5) is 14.3. The minimum atomic E-state index is 0.216. The maximum Gasteiger partial charge on any atom is 0.222 e. The third-order valence-electron chi connectivity index (χ3n) is 5.26. The summed E-state index contributed by atoms with van der Waals surface area (Å²) < 4.78 is 5.45. The molecule has 0 radical (unpaired) electrons. The SMILES string of the molecule is CC(CCc1ccccc1)CC(=O)N(C)CCCc1cc(-c2ccccc2)no1. The molecule has 0 fully saturated rings. The summed E-state index contributed by atoms with van der Waals surface area (Å²) in [6, 6.07) is 22.5. The molecule has 2 aromatic carbocycles. The summed E-state index contributed by atoms with van der Waals surface area (Å²) >= 11 is 0. The number of aromatic nitrogens is 1. The van der Waals surface area contributed by atoms with Crippen molar-refractivity contribution in [3.05, 3.63) is 78.1 Å². The van der Waals surface area contributed by atoms with Crippen LogP contribution in [0.1, 0.15) is 37.5 Å². The summed E-state index contributed by atoms with van der Waals surface area (Å²) in [7, 11) is 1.89. The fourth-order valence-corrected chi connectivity index (χ4v) is 3.40. The Balaban J connectivity index is 1.37. The lowest BCUT2D eigenvalue weighted by Crippen LogP contribution is -2.29. The van der Waals surface area contributed by atoms with Gasteiger partial charge in [0.1, 0.15) is 11.5 Å². The average molecular weight is 391 g/mol. The first kappa shape index (κ1) is 20.8. The average Bonchev–Trinajstić information content (AvgIpc) is 3.22. The maximum atomic E-state index is 12.5. The van der Waals surface area contributed by atoms with Crippen molar-refractivity contribution in [3.8, 4) is 11.3 Å². The number of carbonyl (C=O) groups excluding carboxylic acids is 1. The molecule has 1 amide bonds. The Labute approximate surface area is 173 Å². The van der Waals surface area contributed by atoms with Gasteiger partial charge in [-0.2, -0.15) is 0 Å². The number of hydrogen-bond donors (Lipinski definition) is 0. The zero-order chi connectivity index (χ0) is 20.5. The first-order valence-corrected chi connectivity index (χ1v) is 10.4. The van der Waals surface area contributed by atoms with Crippen LogP contribution in [0.2, 0.25) is 0 Å². The van der Waals surface area contributed by atoms with Gasteiger partial charge in [0.25, 0.3) is 0 Å². The third-order valence-corrected chi connectivity index (χ3v) is 5.26. The number of aryl methyl sites for hydroxylation is 2. The molecule has 1 atom stereocenters. The van der Waals surface area contributed by atoms with Crippen LogP contribution in [0.4, 0.5) is 0 Å². The van der Waals surface area contributed by atoms with Crippen molar-refractivity contribution in [2.45, 2.75) is 39.0 Å². The molecule has 3 aromatic rings. The first-order chi connectivity index (χ1) is 14.1. The van der Waals surface area contributed by atoms with Gasteiger partial charge in [-0.3, -0.25) is 4.79 Å². The lowest BCUT2D eigenvalue weighted by atomic mass is 9.98. The lowest BCUT2D eigenvalue weighted by Gasteiger charge is -2.19. The molecule has 152 valence electrons. The minimum Gasteiger partial charge on any atom is -0.361 e. The van der Waals surface area contributed by atoms with E-state index in [1.165, 1.54) is 5.56 Å². The van der Waals surface area contributed by atoms with Crippen molar-refractivity contribution in [1.82, 2.24) is 10.1 Å². The molecular weight excluding hydrogens is 360 g/mol. The highest BCUT2D eigenvalue weighted by molar-refractivity contribution is 5.76.